The molecule has 32 heavy (non-hydrogen) atoms. The number of nitrogens with one attached hydrogen (secondary N) is 3. The van der Waals surface area contributed by atoms with Crippen LogP contribution in [0.1, 0.15) is 18.1 Å². The summed E-state index contributed by atoms with van der Waals surface area (Å²) in [6.07, 6.45) is 5.57. The van der Waals surface area contributed by atoms with Gasteiger partial charge < -0.3 is 10.3 Å². The number of imidazole rings is 1. The predicted molar refractivity (Wildman–Crippen MR) is 124 cm³/mol. The Morgan fingerprint density at radius 3 is 2.62 bits per heavy atom. The fourth-order valence-electron chi connectivity index (χ4n) is 3.88. The molecular weight excluding hydrogens is 403 g/mol. The van der Waals surface area contributed by atoms with Gasteiger partial charge in [-0.25, -0.2) is 9.37 Å². The van der Waals surface area contributed by atoms with Gasteiger partial charge in [0.05, 0.1) is 17.4 Å². The normalized spacial score (nSPS) is 11.3. The molecule has 0 aliphatic carbocycles. The van der Waals surface area contributed by atoms with Crippen molar-refractivity contribution in [3.05, 3.63) is 78.0 Å². The van der Waals surface area contributed by atoms with Crippen LogP contribution in [0, 0.1) is 12.7 Å². The first-order chi connectivity index (χ1) is 15.6. The lowest BCUT2D eigenvalue weighted by molar-refractivity contribution is 0.628. The molecule has 0 bridgehead atoms. The van der Waals surface area contributed by atoms with E-state index in [4.69, 9.17) is 0 Å². The van der Waals surface area contributed by atoms with Crippen LogP contribution in [0.25, 0.3) is 44.8 Å². The fourth-order valence-corrected chi connectivity index (χ4v) is 3.88. The van der Waals surface area contributed by atoms with E-state index in [1.165, 1.54) is 23.3 Å². The first kappa shape index (κ1) is 20.1. The van der Waals surface area contributed by atoms with E-state index >= 15 is 0 Å². The maximum atomic E-state index is 13.2. The van der Waals surface area contributed by atoms with Crippen LogP contribution in [0.4, 0.5) is 4.39 Å². The maximum Gasteiger partial charge on any atom is 0.159 e. The molecule has 0 atom stereocenters. The summed E-state index contributed by atoms with van der Waals surface area (Å²) in [4.78, 5) is 12.3. The number of hydrogen-bond donors (Lipinski definition) is 3. The Hall–Kier alpha value is -3.84. The molecule has 0 aliphatic rings. The molecule has 5 aromatic rings. The van der Waals surface area contributed by atoms with Crippen LogP contribution in [0.2, 0.25) is 0 Å². The molecule has 0 saturated heterocycles. The van der Waals surface area contributed by atoms with Gasteiger partial charge in [0.25, 0.3) is 0 Å². The number of fused-ring (bicyclic) bond motifs is 1. The van der Waals surface area contributed by atoms with Crippen LogP contribution in [0.3, 0.4) is 0 Å². The van der Waals surface area contributed by atoms with E-state index in [1.54, 1.807) is 18.3 Å². The lowest BCUT2D eigenvalue weighted by Crippen LogP contribution is -2.13. The molecule has 0 radical (unpaired) electrons. The highest BCUT2D eigenvalue weighted by Gasteiger charge is 2.15. The molecule has 0 amide bonds. The second kappa shape index (κ2) is 8.36. The highest BCUT2D eigenvalue weighted by Crippen LogP contribution is 2.32. The van der Waals surface area contributed by atoms with Crippen LogP contribution in [0.5, 0.6) is 0 Å². The minimum atomic E-state index is -0.265. The number of halogens is 1. The summed E-state index contributed by atoms with van der Waals surface area (Å²) in [5.74, 6) is 0.391. The number of nitrogens with zero attached hydrogens (tertiary/aromatic N) is 3. The summed E-state index contributed by atoms with van der Waals surface area (Å²) in [7, 11) is 0. The Labute approximate surface area is 185 Å². The Morgan fingerprint density at radius 2 is 1.81 bits per heavy atom. The van der Waals surface area contributed by atoms with E-state index in [0.29, 0.717) is 5.82 Å². The van der Waals surface area contributed by atoms with Gasteiger partial charge in [0.15, 0.2) is 5.82 Å². The Balaban J connectivity index is 1.54. The molecule has 7 heteroatoms. The molecule has 0 spiro atoms. The van der Waals surface area contributed by atoms with Gasteiger partial charge in [-0.15, -0.1) is 0 Å². The van der Waals surface area contributed by atoms with E-state index in [9.17, 15) is 4.39 Å². The molecule has 0 saturated carbocycles. The van der Waals surface area contributed by atoms with E-state index in [2.05, 4.69) is 56.4 Å². The number of pyridine rings is 1. The number of H-pyrrole nitrogens is 2. The average molecular weight is 426 g/mol. The van der Waals surface area contributed by atoms with Crippen molar-refractivity contribution in [3.63, 3.8) is 0 Å². The van der Waals surface area contributed by atoms with Gasteiger partial charge in [0.1, 0.15) is 11.5 Å². The summed E-state index contributed by atoms with van der Waals surface area (Å²) in [6.45, 7) is 5.93. The molecule has 3 N–H and O–H groups in total. The lowest BCUT2D eigenvalue weighted by atomic mass is 9.98. The van der Waals surface area contributed by atoms with Crippen molar-refractivity contribution >= 4 is 10.9 Å². The van der Waals surface area contributed by atoms with E-state index in [-0.39, 0.29) is 5.82 Å². The smallest absolute Gasteiger partial charge is 0.159 e. The minimum absolute atomic E-state index is 0.265. The summed E-state index contributed by atoms with van der Waals surface area (Å²) in [5.41, 5.74) is 7.92. The number of aromatic amines is 2. The largest absolute Gasteiger partial charge is 0.337 e. The van der Waals surface area contributed by atoms with Crippen LogP contribution < -0.4 is 5.32 Å². The quantitative estimate of drug-likeness (QED) is 0.347. The van der Waals surface area contributed by atoms with Crippen molar-refractivity contribution in [2.24, 2.45) is 0 Å². The first-order valence-corrected chi connectivity index (χ1v) is 10.6. The van der Waals surface area contributed by atoms with Gasteiger partial charge in [0, 0.05) is 29.9 Å². The van der Waals surface area contributed by atoms with Gasteiger partial charge in [0.2, 0.25) is 0 Å². The highest BCUT2D eigenvalue weighted by molar-refractivity contribution is 5.94. The molecule has 0 aliphatic heterocycles. The van der Waals surface area contributed by atoms with E-state index < -0.39 is 0 Å². The summed E-state index contributed by atoms with van der Waals surface area (Å²) >= 11 is 0. The zero-order valence-electron chi connectivity index (χ0n) is 17.9. The second-order valence-electron chi connectivity index (χ2n) is 7.74. The molecule has 0 unspecified atom stereocenters. The van der Waals surface area contributed by atoms with Crippen LogP contribution >= 0.6 is 0 Å². The van der Waals surface area contributed by atoms with Gasteiger partial charge in [-0.2, -0.15) is 5.10 Å². The molecule has 3 heterocycles. The van der Waals surface area contributed by atoms with Crippen molar-refractivity contribution in [2.75, 3.05) is 6.54 Å². The standard InChI is InChI=1S/C25H23FN6/c1-3-27-11-18-12-28-13-21(15(18)2)17-6-9-22-20(10-17)24(32-31-22)25-29-14-23(30-25)16-4-7-19(26)8-5-16/h4-10,12-14,27H,3,11H2,1-2H3,(H,29,30)(H,31,32). The molecule has 2 aromatic carbocycles. The SMILES string of the molecule is CCNCc1cncc(-c2ccc3[nH]nc(-c4ncc(-c5ccc(F)cc5)[nH]4)c3c2)c1C. The van der Waals surface area contributed by atoms with Gasteiger partial charge in [-0.1, -0.05) is 13.0 Å². The van der Waals surface area contributed by atoms with Gasteiger partial charge >= 0.3 is 0 Å². The summed E-state index contributed by atoms with van der Waals surface area (Å²) in [6, 6.07) is 12.6. The van der Waals surface area contributed by atoms with Gasteiger partial charge in [-0.3, -0.25) is 10.1 Å². The van der Waals surface area contributed by atoms with Crippen molar-refractivity contribution in [1.29, 1.82) is 0 Å². The lowest BCUT2D eigenvalue weighted by Gasteiger charge is -2.11. The number of rotatable bonds is 6. The monoisotopic (exact) mass is 426 g/mol. The predicted octanol–water partition coefficient (Wildman–Crippen LogP) is 5.24. The zero-order chi connectivity index (χ0) is 22.1. The third-order valence-electron chi connectivity index (χ3n) is 5.71. The topological polar surface area (TPSA) is 82.3 Å². The van der Waals surface area contributed by atoms with Crippen LogP contribution in [-0.2, 0) is 6.54 Å². The molecule has 5 rings (SSSR count). The zero-order valence-corrected chi connectivity index (χ0v) is 17.9. The Kier molecular flexibility index (Phi) is 5.25. The molecular formula is C25H23FN6. The van der Waals surface area contributed by atoms with Crippen molar-refractivity contribution in [3.8, 4) is 33.9 Å². The first-order valence-electron chi connectivity index (χ1n) is 10.6. The highest BCUT2D eigenvalue weighted by atomic mass is 19.1. The molecule has 6 nitrogen and oxygen atoms in total. The van der Waals surface area contributed by atoms with Crippen molar-refractivity contribution < 1.29 is 4.39 Å². The Morgan fingerprint density at radius 1 is 1.00 bits per heavy atom. The Bertz CT molecular complexity index is 1380. The van der Waals surface area contributed by atoms with E-state index in [1.807, 2.05) is 18.5 Å². The van der Waals surface area contributed by atoms with Crippen LogP contribution in [-0.4, -0.2) is 31.7 Å². The fraction of sp³-hybridized carbons (Fsp3) is 0.160. The summed E-state index contributed by atoms with van der Waals surface area (Å²) in [5, 5.41) is 11.9. The third-order valence-corrected chi connectivity index (χ3v) is 5.71. The number of aromatic nitrogens is 5. The average Bonchev–Trinajstić information content (AvgIpc) is 3.45. The summed E-state index contributed by atoms with van der Waals surface area (Å²) < 4.78 is 13.2. The van der Waals surface area contributed by atoms with Crippen molar-refractivity contribution in [1.82, 2.24) is 30.5 Å². The molecule has 0 fully saturated rings. The molecule has 3 aromatic heterocycles. The van der Waals surface area contributed by atoms with Crippen LogP contribution in [0.15, 0.2) is 61.1 Å². The van der Waals surface area contributed by atoms with E-state index in [0.717, 1.165) is 52.1 Å². The second-order valence-corrected chi connectivity index (χ2v) is 7.74. The molecule has 160 valence electrons. The minimum Gasteiger partial charge on any atom is -0.337 e. The maximum absolute atomic E-state index is 13.2. The number of hydrogen-bond acceptors (Lipinski definition) is 4. The number of benzene rings is 2. The third kappa shape index (κ3) is 3.67. The van der Waals surface area contributed by atoms with Gasteiger partial charge in [-0.05, 0) is 72.1 Å². The van der Waals surface area contributed by atoms with Crippen molar-refractivity contribution in [2.45, 2.75) is 20.4 Å².